The second-order valence-corrected chi connectivity index (χ2v) is 5.16. The van der Waals surface area contributed by atoms with Gasteiger partial charge in [-0.25, -0.2) is 9.78 Å². The topological polar surface area (TPSA) is 66.2 Å². The summed E-state index contributed by atoms with van der Waals surface area (Å²) in [7, 11) is 2.88. The van der Waals surface area contributed by atoms with E-state index in [1.54, 1.807) is 25.4 Å². The molecule has 0 N–H and O–H groups in total. The molecule has 0 radical (unpaired) electrons. The zero-order valence-corrected chi connectivity index (χ0v) is 12.1. The minimum absolute atomic E-state index is 0.224. The molecule has 0 amide bonds. The molecule has 0 bridgehead atoms. The third-order valence-electron chi connectivity index (χ3n) is 3.50. The molecule has 0 saturated heterocycles. The third-order valence-corrected chi connectivity index (χ3v) is 3.50. The van der Waals surface area contributed by atoms with Crippen molar-refractivity contribution < 1.29 is 14.3 Å². The van der Waals surface area contributed by atoms with Crippen LogP contribution in [0.25, 0.3) is 11.3 Å². The Labute approximate surface area is 122 Å². The number of hydrogen-bond donors (Lipinski definition) is 0. The van der Waals surface area contributed by atoms with E-state index < -0.39 is 5.97 Å². The Kier molecular flexibility index (Phi) is 3.60. The number of nitrogens with zero attached hydrogens (tertiary/aromatic N) is 3. The van der Waals surface area contributed by atoms with Gasteiger partial charge in [0.1, 0.15) is 5.75 Å². The number of pyridine rings is 1. The SMILES string of the molecule is COC(=O)c1cc(OC)cc(-c2cnn(CC3CC3)c2)n1. The molecular formula is C15H17N3O3. The maximum Gasteiger partial charge on any atom is 0.356 e. The largest absolute Gasteiger partial charge is 0.497 e. The quantitative estimate of drug-likeness (QED) is 0.788. The Balaban J connectivity index is 1.92. The predicted octanol–water partition coefficient (Wildman–Crippen LogP) is 2.15. The highest BCUT2D eigenvalue weighted by Gasteiger charge is 2.22. The van der Waals surface area contributed by atoms with Crippen LogP contribution >= 0.6 is 0 Å². The highest BCUT2D eigenvalue weighted by molar-refractivity contribution is 5.88. The van der Waals surface area contributed by atoms with Crippen LogP contribution in [-0.2, 0) is 11.3 Å². The van der Waals surface area contributed by atoms with Crippen LogP contribution in [0.1, 0.15) is 23.3 Å². The van der Waals surface area contributed by atoms with Crippen LogP contribution in [-0.4, -0.2) is 35.0 Å². The van der Waals surface area contributed by atoms with Gasteiger partial charge in [0.05, 0.1) is 26.1 Å². The normalized spacial score (nSPS) is 14.0. The molecule has 2 aromatic rings. The van der Waals surface area contributed by atoms with Crippen LogP contribution < -0.4 is 4.74 Å². The van der Waals surface area contributed by atoms with Gasteiger partial charge >= 0.3 is 5.97 Å². The molecule has 0 aromatic carbocycles. The fraction of sp³-hybridized carbons (Fsp3) is 0.400. The van der Waals surface area contributed by atoms with Gasteiger partial charge in [0, 0.05) is 30.4 Å². The zero-order chi connectivity index (χ0) is 14.8. The van der Waals surface area contributed by atoms with Crippen LogP contribution in [0.2, 0.25) is 0 Å². The molecule has 6 nitrogen and oxygen atoms in total. The molecule has 6 heteroatoms. The number of hydrogen-bond acceptors (Lipinski definition) is 5. The summed E-state index contributed by atoms with van der Waals surface area (Å²) in [6.07, 6.45) is 6.25. The van der Waals surface area contributed by atoms with E-state index in [-0.39, 0.29) is 5.69 Å². The molecule has 2 aromatic heterocycles. The van der Waals surface area contributed by atoms with Gasteiger partial charge in [0.15, 0.2) is 5.69 Å². The van der Waals surface area contributed by atoms with Crippen LogP contribution in [0.4, 0.5) is 0 Å². The van der Waals surface area contributed by atoms with E-state index in [0.717, 1.165) is 18.0 Å². The van der Waals surface area contributed by atoms with Crippen LogP contribution in [0, 0.1) is 5.92 Å². The average Bonchev–Trinajstić information content (AvgIpc) is 3.21. The fourth-order valence-electron chi connectivity index (χ4n) is 2.14. The maximum atomic E-state index is 11.7. The Morgan fingerprint density at radius 2 is 2.19 bits per heavy atom. The van der Waals surface area contributed by atoms with Gasteiger partial charge in [-0.05, 0) is 18.8 Å². The van der Waals surface area contributed by atoms with Gasteiger partial charge in [-0.1, -0.05) is 0 Å². The Hall–Kier alpha value is -2.37. The summed E-state index contributed by atoms with van der Waals surface area (Å²) in [5.41, 5.74) is 1.73. The number of rotatable bonds is 5. The second kappa shape index (κ2) is 5.55. The van der Waals surface area contributed by atoms with Crippen LogP contribution in [0.15, 0.2) is 24.5 Å². The lowest BCUT2D eigenvalue weighted by molar-refractivity contribution is 0.0593. The fourth-order valence-corrected chi connectivity index (χ4v) is 2.14. The molecule has 1 fully saturated rings. The first-order valence-electron chi connectivity index (χ1n) is 6.87. The summed E-state index contributed by atoms with van der Waals surface area (Å²) >= 11 is 0. The number of carbonyl (C=O) groups excluding carboxylic acids is 1. The highest BCUT2D eigenvalue weighted by atomic mass is 16.5. The number of esters is 1. The average molecular weight is 287 g/mol. The Morgan fingerprint density at radius 1 is 1.38 bits per heavy atom. The summed E-state index contributed by atoms with van der Waals surface area (Å²) in [5, 5.41) is 4.34. The highest BCUT2D eigenvalue weighted by Crippen LogP contribution is 2.31. The van der Waals surface area contributed by atoms with Crippen LogP contribution in [0.3, 0.4) is 0 Å². The van der Waals surface area contributed by atoms with Crippen molar-refractivity contribution in [3.05, 3.63) is 30.2 Å². The molecule has 1 aliphatic rings. The molecule has 1 aliphatic carbocycles. The van der Waals surface area contributed by atoms with Gasteiger partial charge in [-0.2, -0.15) is 5.10 Å². The van der Waals surface area contributed by atoms with E-state index in [2.05, 4.69) is 10.1 Å². The Morgan fingerprint density at radius 3 is 2.86 bits per heavy atom. The lowest BCUT2D eigenvalue weighted by Gasteiger charge is -2.06. The van der Waals surface area contributed by atoms with E-state index >= 15 is 0 Å². The summed E-state index contributed by atoms with van der Waals surface area (Å²) in [6.45, 7) is 0.938. The maximum absolute atomic E-state index is 11.7. The monoisotopic (exact) mass is 287 g/mol. The standard InChI is InChI=1S/C15H17N3O3/c1-20-12-5-13(17-14(6-12)15(19)21-2)11-7-16-18(9-11)8-10-3-4-10/h5-7,9-10H,3-4,8H2,1-2H3. The van der Waals surface area contributed by atoms with E-state index in [4.69, 9.17) is 9.47 Å². The second-order valence-electron chi connectivity index (χ2n) is 5.16. The summed E-state index contributed by atoms with van der Waals surface area (Å²) in [4.78, 5) is 16.0. The van der Waals surface area contributed by atoms with Crippen molar-refractivity contribution >= 4 is 5.97 Å². The molecule has 3 rings (SSSR count). The minimum atomic E-state index is -0.486. The van der Waals surface area contributed by atoms with E-state index in [1.165, 1.54) is 20.0 Å². The van der Waals surface area contributed by atoms with Crippen molar-refractivity contribution in [2.45, 2.75) is 19.4 Å². The smallest absolute Gasteiger partial charge is 0.356 e. The minimum Gasteiger partial charge on any atom is -0.497 e. The lowest BCUT2D eigenvalue weighted by atomic mass is 10.2. The summed E-state index contributed by atoms with van der Waals surface area (Å²) < 4.78 is 11.9. The van der Waals surface area contributed by atoms with Crippen LogP contribution in [0.5, 0.6) is 5.75 Å². The summed E-state index contributed by atoms with van der Waals surface area (Å²) in [6, 6.07) is 3.34. The number of methoxy groups -OCH3 is 2. The number of aromatic nitrogens is 3. The van der Waals surface area contributed by atoms with E-state index in [0.29, 0.717) is 11.4 Å². The molecule has 2 heterocycles. The molecule has 1 saturated carbocycles. The van der Waals surface area contributed by atoms with Crippen molar-refractivity contribution in [2.75, 3.05) is 14.2 Å². The third kappa shape index (κ3) is 3.04. The zero-order valence-electron chi connectivity index (χ0n) is 12.1. The van der Waals surface area contributed by atoms with Crippen molar-refractivity contribution in [3.8, 4) is 17.0 Å². The van der Waals surface area contributed by atoms with Gasteiger partial charge in [-0.15, -0.1) is 0 Å². The molecule has 110 valence electrons. The first-order chi connectivity index (χ1) is 10.2. The van der Waals surface area contributed by atoms with Gasteiger partial charge in [0.2, 0.25) is 0 Å². The van der Waals surface area contributed by atoms with Gasteiger partial charge < -0.3 is 9.47 Å². The summed E-state index contributed by atoms with van der Waals surface area (Å²) in [5.74, 6) is 0.831. The molecule has 0 aliphatic heterocycles. The van der Waals surface area contributed by atoms with Gasteiger partial charge in [0.25, 0.3) is 0 Å². The van der Waals surface area contributed by atoms with Crippen molar-refractivity contribution in [1.29, 1.82) is 0 Å². The first-order valence-corrected chi connectivity index (χ1v) is 6.87. The lowest BCUT2D eigenvalue weighted by Crippen LogP contribution is -2.05. The van der Waals surface area contributed by atoms with E-state index in [1.807, 2.05) is 10.9 Å². The first kappa shape index (κ1) is 13.6. The molecule has 21 heavy (non-hydrogen) atoms. The Bertz CT molecular complexity index is 662. The number of carbonyl (C=O) groups is 1. The molecule has 0 spiro atoms. The molecular weight excluding hydrogens is 270 g/mol. The van der Waals surface area contributed by atoms with Crippen molar-refractivity contribution in [3.63, 3.8) is 0 Å². The molecule has 0 unspecified atom stereocenters. The van der Waals surface area contributed by atoms with Crippen molar-refractivity contribution in [1.82, 2.24) is 14.8 Å². The number of ether oxygens (including phenoxy) is 2. The molecule has 0 atom stereocenters. The van der Waals surface area contributed by atoms with E-state index in [9.17, 15) is 4.79 Å². The van der Waals surface area contributed by atoms with Crippen molar-refractivity contribution in [2.24, 2.45) is 5.92 Å². The predicted molar refractivity (Wildman–Crippen MR) is 76.1 cm³/mol. The van der Waals surface area contributed by atoms with Gasteiger partial charge in [-0.3, -0.25) is 4.68 Å².